The molecule has 1 atom stereocenters. The second-order valence-electron chi connectivity index (χ2n) is 7.43. The van der Waals surface area contributed by atoms with Gasteiger partial charge in [-0.25, -0.2) is 4.98 Å². The molecule has 136 valence electrons. The van der Waals surface area contributed by atoms with Gasteiger partial charge in [-0.2, -0.15) is 0 Å². The minimum atomic E-state index is -0.00508. The van der Waals surface area contributed by atoms with Gasteiger partial charge in [0.15, 0.2) is 5.69 Å². The molecule has 25 heavy (non-hydrogen) atoms. The van der Waals surface area contributed by atoms with E-state index in [9.17, 15) is 4.79 Å². The van der Waals surface area contributed by atoms with Crippen molar-refractivity contribution in [1.82, 2.24) is 14.3 Å². The molecule has 5 nitrogen and oxygen atoms in total. The van der Waals surface area contributed by atoms with Gasteiger partial charge < -0.3 is 14.0 Å². The highest BCUT2D eigenvalue weighted by Crippen LogP contribution is 2.19. The highest BCUT2D eigenvalue weighted by Gasteiger charge is 2.22. The fourth-order valence-electron chi connectivity index (χ4n) is 3.42. The van der Waals surface area contributed by atoms with Gasteiger partial charge in [-0.1, -0.05) is 19.9 Å². The Morgan fingerprint density at radius 1 is 1.40 bits per heavy atom. The molecular formula is C20H29N3O2. The Balaban J connectivity index is 1.74. The molecule has 1 fully saturated rings. The van der Waals surface area contributed by atoms with Crippen molar-refractivity contribution in [3.05, 3.63) is 35.9 Å². The van der Waals surface area contributed by atoms with Crippen LogP contribution >= 0.6 is 0 Å². The zero-order chi connectivity index (χ0) is 17.8. The Hall–Kier alpha value is -1.88. The summed E-state index contributed by atoms with van der Waals surface area (Å²) in [7, 11) is 1.86. The fraction of sp³-hybridized carbons (Fsp3) is 0.600. The van der Waals surface area contributed by atoms with Crippen molar-refractivity contribution in [2.24, 2.45) is 5.92 Å². The average molecular weight is 343 g/mol. The maximum atomic E-state index is 12.9. The van der Waals surface area contributed by atoms with E-state index in [0.717, 1.165) is 43.6 Å². The number of rotatable bonds is 6. The summed E-state index contributed by atoms with van der Waals surface area (Å²) in [6.07, 6.45) is 7.53. The minimum absolute atomic E-state index is 0.00508. The third-order valence-corrected chi connectivity index (χ3v) is 4.82. The Labute approximate surface area is 150 Å². The molecule has 0 spiro atoms. The van der Waals surface area contributed by atoms with Crippen LogP contribution in [-0.4, -0.2) is 46.5 Å². The molecule has 1 aliphatic rings. The van der Waals surface area contributed by atoms with E-state index in [2.05, 4.69) is 18.8 Å². The summed E-state index contributed by atoms with van der Waals surface area (Å²) in [6.45, 7) is 5.89. The predicted octanol–water partition coefficient (Wildman–Crippen LogP) is 3.56. The molecule has 1 saturated heterocycles. The van der Waals surface area contributed by atoms with Gasteiger partial charge in [0.2, 0.25) is 0 Å². The van der Waals surface area contributed by atoms with E-state index >= 15 is 0 Å². The lowest BCUT2D eigenvalue weighted by molar-refractivity contribution is 0.00707. The van der Waals surface area contributed by atoms with Crippen molar-refractivity contribution >= 4 is 11.4 Å². The van der Waals surface area contributed by atoms with Crippen LogP contribution in [0.4, 0.5) is 0 Å². The van der Waals surface area contributed by atoms with Crippen molar-refractivity contribution < 1.29 is 9.53 Å². The number of aromatic nitrogens is 2. The molecule has 2 aromatic heterocycles. The summed E-state index contributed by atoms with van der Waals surface area (Å²) in [4.78, 5) is 19.4. The fourth-order valence-corrected chi connectivity index (χ4v) is 3.42. The first-order chi connectivity index (χ1) is 12.1. The molecule has 1 aliphatic heterocycles. The number of amides is 1. The maximum absolute atomic E-state index is 12.9. The number of carbonyl (C=O) groups excluding carboxylic acids is 1. The summed E-state index contributed by atoms with van der Waals surface area (Å²) >= 11 is 0. The molecule has 0 aromatic carbocycles. The number of nitrogens with zero attached hydrogens (tertiary/aromatic N) is 3. The highest BCUT2D eigenvalue weighted by atomic mass is 16.5. The molecule has 0 saturated carbocycles. The van der Waals surface area contributed by atoms with E-state index in [1.54, 1.807) is 4.90 Å². The smallest absolute Gasteiger partial charge is 0.274 e. The van der Waals surface area contributed by atoms with Crippen LogP contribution in [0.1, 0.15) is 55.8 Å². The largest absolute Gasteiger partial charge is 0.378 e. The van der Waals surface area contributed by atoms with Gasteiger partial charge in [0.25, 0.3) is 5.91 Å². The van der Waals surface area contributed by atoms with Crippen molar-refractivity contribution in [3.8, 4) is 0 Å². The first-order valence-corrected chi connectivity index (χ1v) is 9.39. The standard InChI is InChI=1S/C20H29N3O2/c1-15(2)14-18-21-19(17-9-4-6-11-23(17)18)20(24)22(3)12-10-16-8-5-7-13-25-16/h4,6,9,11,15-16H,5,7-8,10,12-14H2,1-3H3. The van der Waals surface area contributed by atoms with Crippen LogP contribution in [-0.2, 0) is 11.2 Å². The first kappa shape index (κ1) is 17.9. The van der Waals surface area contributed by atoms with E-state index in [4.69, 9.17) is 4.74 Å². The van der Waals surface area contributed by atoms with Gasteiger partial charge in [-0.15, -0.1) is 0 Å². The summed E-state index contributed by atoms with van der Waals surface area (Å²) in [5.74, 6) is 1.45. The number of fused-ring (bicyclic) bond motifs is 1. The highest BCUT2D eigenvalue weighted by molar-refractivity contribution is 5.99. The van der Waals surface area contributed by atoms with E-state index < -0.39 is 0 Å². The second kappa shape index (κ2) is 8.00. The molecule has 1 amide bonds. The average Bonchev–Trinajstić information content (AvgIpc) is 2.98. The monoisotopic (exact) mass is 343 g/mol. The van der Waals surface area contributed by atoms with Crippen LogP contribution in [0.3, 0.4) is 0 Å². The second-order valence-corrected chi connectivity index (χ2v) is 7.43. The lowest BCUT2D eigenvalue weighted by atomic mass is 10.1. The Bertz CT molecular complexity index is 717. The van der Waals surface area contributed by atoms with Gasteiger partial charge >= 0.3 is 0 Å². The summed E-state index contributed by atoms with van der Waals surface area (Å²) in [5.41, 5.74) is 1.45. The van der Waals surface area contributed by atoms with Crippen LogP contribution < -0.4 is 0 Å². The molecule has 2 aromatic rings. The molecule has 0 aliphatic carbocycles. The van der Waals surface area contributed by atoms with Crippen molar-refractivity contribution in [2.75, 3.05) is 20.2 Å². The zero-order valence-corrected chi connectivity index (χ0v) is 15.6. The summed E-state index contributed by atoms with van der Waals surface area (Å²) in [5, 5.41) is 0. The molecule has 1 unspecified atom stereocenters. The van der Waals surface area contributed by atoms with E-state index in [1.807, 2.05) is 35.8 Å². The van der Waals surface area contributed by atoms with Crippen LogP contribution in [0.25, 0.3) is 5.52 Å². The number of imidazole rings is 1. The molecule has 3 heterocycles. The molecule has 5 heteroatoms. The van der Waals surface area contributed by atoms with Crippen LogP contribution in [0, 0.1) is 5.92 Å². The van der Waals surface area contributed by atoms with Gasteiger partial charge in [-0.3, -0.25) is 4.79 Å². The Kier molecular flexibility index (Phi) is 5.74. The molecular weight excluding hydrogens is 314 g/mol. The third kappa shape index (κ3) is 4.21. The molecule has 0 bridgehead atoms. The van der Waals surface area contributed by atoms with E-state index in [-0.39, 0.29) is 5.91 Å². The van der Waals surface area contributed by atoms with Crippen LogP contribution in [0.2, 0.25) is 0 Å². The maximum Gasteiger partial charge on any atom is 0.274 e. The van der Waals surface area contributed by atoms with Crippen molar-refractivity contribution in [1.29, 1.82) is 0 Å². The zero-order valence-electron chi connectivity index (χ0n) is 15.6. The van der Waals surface area contributed by atoms with Gasteiger partial charge in [0.1, 0.15) is 5.82 Å². The quantitative estimate of drug-likeness (QED) is 0.806. The predicted molar refractivity (Wildman–Crippen MR) is 98.9 cm³/mol. The lowest BCUT2D eigenvalue weighted by Gasteiger charge is -2.25. The SMILES string of the molecule is CC(C)Cc1nc(C(=O)N(C)CCC2CCCCO2)c2ccccn12. The third-order valence-electron chi connectivity index (χ3n) is 4.82. The number of pyridine rings is 1. The van der Waals surface area contributed by atoms with Crippen LogP contribution in [0.5, 0.6) is 0 Å². The van der Waals surface area contributed by atoms with Gasteiger partial charge in [0.05, 0.1) is 11.6 Å². The van der Waals surface area contributed by atoms with Gasteiger partial charge in [-0.05, 0) is 43.7 Å². The van der Waals surface area contributed by atoms with Crippen LogP contribution in [0.15, 0.2) is 24.4 Å². The summed E-state index contributed by atoms with van der Waals surface area (Å²) < 4.78 is 7.82. The van der Waals surface area contributed by atoms with E-state index in [1.165, 1.54) is 6.42 Å². The Morgan fingerprint density at radius 2 is 2.24 bits per heavy atom. The molecule has 0 radical (unpaired) electrons. The first-order valence-electron chi connectivity index (χ1n) is 9.39. The normalized spacial score (nSPS) is 18.0. The molecule has 3 rings (SSSR count). The number of hydrogen-bond donors (Lipinski definition) is 0. The number of ether oxygens (including phenoxy) is 1. The number of carbonyl (C=O) groups is 1. The Morgan fingerprint density at radius 3 is 2.96 bits per heavy atom. The van der Waals surface area contributed by atoms with Gasteiger partial charge in [0, 0.05) is 32.8 Å². The number of hydrogen-bond acceptors (Lipinski definition) is 3. The summed E-state index contributed by atoms with van der Waals surface area (Å²) in [6, 6.07) is 5.92. The minimum Gasteiger partial charge on any atom is -0.378 e. The topological polar surface area (TPSA) is 46.8 Å². The molecule has 0 N–H and O–H groups in total. The van der Waals surface area contributed by atoms with Crippen molar-refractivity contribution in [2.45, 2.75) is 52.1 Å². The van der Waals surface area contributed by atoms with Crippen molar-refractivity contribution in [3.63, 3.8) is 0 Å². The van der Waals surface area contributed by atoms with E-state index in [0.29, 0.717) is 24.3 Å². The lowest BCUT2D eigenvalue weighted by Crippen LogP contribution is -2.31.